The fraction of sp³-hybridized carbons (Fsp3) is 0.412. The van der Waals surface area contributed by atoms with Crippen LogP contribution < -0.4 is 10.6 Å². The molecule has 0 aliphatic carbocycles. The van der Waals surface area contributed by atoms with Crippen molar-refractivity contribution in [1.29, 1.82) is 0 Å². The second-order valence-corrected chi connectivity index (χ2v) is 8.95. The molecule has 0 radical (unpaired) electrons. The maximum absolute atomic E-state index is 11.7. The predicted molar refractivity (Wildman–Crippen MR) is 99.0 cm³/mol. The third-order valence-corrected chi connectivity index (χ3v) is 4.64. The average Bonchev–Trinajstić information content (AvgIpc) is 2.55. The summed E-state index contributed by atoms with van der Waals surface area (Å²) in [6.07, 6.45) is 8.84. The Morgan fingerprint density at radius 3 is 2.33 bits per heavy atom. The van der Waals surface area contributed by atoms with Crippen LogP contribution in [0, 0.1) is 0 Å². The summed E-state index contributed by atoms with van der Waals surface area (Å²) in [5.41, 5.74) is 8.43. The molecule has 0 bridgehead atoms. The van der Waals surface area contributed by atoms with E-state index < -0.39 is 9.73 Å². The van der Waals surface area contributed by atoms with Gasteiger partial charge in [0.1, 0.15) is 5.82 Å². The first-order valence-electron chi connectivity index (χ1n) is 8.01. The highest BCUT2D eigenvalue weighted by atomic mass is 32.2. The fourth-order valence-corrected chi connectivity index (χ4v) is 3.34. The van der Waals surface area contributed by atoms with E-state index in [1.807, 2.05) is 30.5 Å². The first-order valence-corrected chi connectivity index (χ1v) is 10.3. The second kappa shape index (κ2) is 6.86. The molecule has 0 spiro atoms. The number of piperidine rings is 1. The lowest BCUT2D eigenvalue weighted by molar-refractivity contribution is 0.498. The molecule has 0 atom stereocenters. The molecule has 0 amide bonds. The van der Waals surface area contributed by atoms with Gasteiger partial charge in [-0.05, 0) is 25.0 Å². The van der Waals surface area contributed by atoms with Gasteiger partial charge in [-0.25, -0.2) is 9.19 Å². The Kier molecular flexibility index (Phi) is 4.82. The van der Waals surface area contributed by atoms with E-state index in [1.54, 1.807) is 18.7 Å². The summed E-state index contributed by atoms with van der Waals surface area (Å²) in [6, 6.07) is 7.85. The summed E-state index contributed by atoms with van der Waals surface area (Å²) in [5, 5.41) is 0. The van der Waals surface area contributed by atoms with Gasteiger partial charge in [0.2, 0.25) is 0 Å². The minimum atomic E-state index is -2.14. The maximum atomic E-state index is 11.7. The van der Waals surface area contributed by atoms with Gasteiger partial charge in [-0.15, -0.1) is 0 Å². The van der Waals surface area contributed by atoms with Crippen molar-refractivity contribution in [3.8, 4) is 11.3 Å². The molecule has 6 nitrogen and oxygen atoms in total. The van der Waals surface area contributed by atoms with Crippen molar-refractivity contribution in [2.45, 2.75) is 18.9 Å². The van der Waals surface area contributed by atoms with Crippen LogP contribution in [0.3, 0.4) is 0 Å². The lowest BCUT2D eigenvalue weighted by atomic mass is 10.1. The number of nitrogens with two attached hydrogens (primary N) is 1. The van der Waals surface area contributed by atoms with Crippen LogP contribution in [0.4, 0.5) is 11.5 Å². The van der Waals surface area contributed by atoms with Crippen LogP contribution >= 0.6 is 0 Å². The van der Waals surface area contributed by atoms with Gasteiger partial charge in [0.15, 0.2) is 0 Å². The smallest absolute Gasteiger partial charge is 0.147 e. The van der Waals surface area contributed by atoms with Crippen LogP contribution in [0.25, 0.3) is 11.3 Å². The van der Waals surface area contributed by atoms with E-state index in [2.05, 4.69) is 19.2 Å². The molecule has 1 fully saturated rings. The Morgan fingerprint density at radius 2 is 1.79 bits per heavy atom. The highest BCUT2D eigenvalue weighted by molar-refractivity contribution is 7.92. The molecule has 7 heteroatoms. The molecule has 1 aliphatic heterocycles. The van der Waals surface area contributed by atoms with Crippen LogP contribution in [0.15, 0.2) is 41.0 Å². The minimum Gasteiger partial charge on any atom is -0.355 e. The van der Waals surface area contributed by atoms with Crippen LogP contribution in [0.1, 0.15) is 12.8 Å². The Labute approximate surface area is 143 Å². The third kappa shape index (κ3) is 4.30. The van der Waals surface area contributed by atoms with E-state index in [0.717, 1.165) is 43.0 Å². The minimum absolute atomic E-state index is 0.304. The standard InChI is InChI=1S/C17H23N5OS/c1-24(2,23)21-15-5-3-13(4-6-15)16-11-20-17(12-19-16)22-9-7-14(18)8-10-22/h3-6,11-12,14H,7-10,18H2,1-2H3. The van der Waals surface area contributed by atoms with Gasteiger partial charge in [0.05, 0.1) is 23.8 Å². The van der Waals surface area contributed by atoms with Crippen molar-refractivity contribution < 1.29 is 4.21 Å². The summed E-state index contributed by atoms with van der Waals surface area (Å²) in [4.78, 5) is 11.3. The number of benzene rings is 1. The van der Waals surface area contributed by atoms with Crippen molar-refractivity contribution >= 4 is 21.2 Å². The molecule has 1 aromatic heterocycles. The van der Waals surface area contributed by atoms with Crippen LogP contribution in [0.5, 0.6) is 0 Å². The number of hydrogen-bond acceptors (Lipinski definition) is 6. The highest BCUT2D eigenvalue weighted by Gasteiger charge is 2.17. The van der Waals surface area contributed by atoms with Gasteiger partial charge in [-0.2, -0.15) is 4.36 Å². The van der Waals surface area contributed by atoms with Crippen molar-refractivity contribution in [1.82, 2.24) is 9.97 Å². The van der Waals surface area contributed by atoms with Gasteiger partial charge in [-0.1, -0.05) is 12.1 Å². The molecule has 1 aliphatic rings. The molecule has 1 saturated heterocycles. The molecule has 128 valence electrons. The molecule has 2 N–H and O–H groups in total. The van der Waals surface area contributed by atoms with Crippen LogP contribution in [-0.4, -0.2) is 45.8 Å². The highest BCUT2D eigenvalue weighted by Crippen LogP contribution is 2.23. The Morgan fingerprint density at radius 1 is 1.12 bits per heavy atom. The number of anilines is 1. The van der Waals surface area contributed by atoms with E-state index in [1.165, 1.54) is 0 Å². The Hall–Kier alpha value is -1.99. The van der Waals surface area contributed by atoms with E-state index in [0.29, 0.717) is 11.7 Å². The molecule has 0 saturated carbocycles. The summed E-state index contributed by atoms with van der Waals surface area (Å²) in [6.45, 7) is 1.86. The second-order valence-electron chi connectivity index (χ2n) is 6.40. The quantitative estimate of drug-likeness (QED) is 0.923. The van der Waals surface area contributed by atoms with Crippen LogP contribution in [-0.2, 0) is 9.73 Å². The van der Waals surface area contributed by atoms with Crippen LogP contribution in [0.2, 0.25) is 0 Å². The monoisotopic (exact) mass is 345 g/mol. The lowest BCUT2D eigenvalue weighted by Gasteiger charge is -2.30. The third-order valence-electron chi connectivity index (χ3n) is 3.99. The zero-order valence-electron chi connectivity index (χ0n) is 14.1. The summed E-state index contributed by atoms with van der Waals surface area (Å²) in [5.74, 6) is 0.897. The molecule has 3 rings (SSSR count). The zero-order chi connectivity index (χ0) is 17.2. The zero-order valence-corrected chi connectivity index (χ0v) is 14.9. The fourth-order valence-electron chi connectivity index (χ4n) is 2.71. The van der Waals surface area contributed by atoms with Gasteiger partial charge in [0.25, 0.3) is 0 Å². The molecule has 2 heterocycles. The molecule has 1 aromatic carbocycles. The summed E-state index contributed by atoms with van der Waals surface area (Å²) < 4.78 is 15.9. The lowest BCUT2D eigenvalue weighted by Crippen LogP contribution is -2.40. The number of hydrogen-bond donors (Lipinski definition) is 1. The van der Waals surface area contributed by atoms with E-state index in [-0.39, 0.29) is 0 Å². The predicted octanol–water partition coefficient (Wildman–Crippen LogP) is 2.43. The topological polar surface area (TPSA) is 84.5 Å². The number of rotatable bonds is 3. The van der Waals surface area contributed by atoms with E-state index in [4.69, 9.17) is 5.73 Å². The first-order chi connectivity index (χ1) is 11.4. The van der Waals surface area contributed by atoms with Crippen molar-refractivity contribution in [3.05, 3.63) is 36.7 Å². The molecular weight excluding hydrogens is 322 g/mol. The molecule has 2 aromatic rings. The van der Waals surface area contributed by atoms with Gasteiger partial charge in [-0.3, -0.25) is 4.98 Å². The largest absolute Gasteiger partial charge is 0.355 e. The van der Waals surface area contributed by atoms with Crippen molar-refractivity contribution in [3.63, 3.8) is 0 Å². The summed E-state index contributed by atoms with van der Waals surface area (Å²) >= 11 is 0. The van der Waals surface area contributed by atoms with Gasteiger partial charge < -0.3 is 10.6 Å². The Bertz CT molecular complexity index is 794. The Balaban J connectivity index is 1.75. The molecule has 0 unspecified atom stereocenters. The van der Waals surface area contributed by atoms with Gasteiger partial charge in [0, 0.05) is 46.9 Å². The van der Waals surface area contributed by atoms with E-state index >= 15 is 0 Å². The SMILES string of the molecule is CS(C)(=O)=Nc1ccc(-c2cnc(N3CCC(N)CC3)cn2)cc1. The number of aromatic nitrogens is 2. The van der Waals surface area contributed by atoms with Gasteiger partial charge >= 0.3 is 0 Å². The summed E-state index contributed by atoms with van der Waals surface area (Å²) in [7, 11) is -2.14. The average molecular weight is 345 g/mol. The number of nitrogens with zero attached hydrogens (tertiary/aromatic N) is 4. The van der Waals surface area contributed by atoms with Crippen molar-refractivity contribution in [2.24, 2.45) is 10.1 Å². The first kappa shape index (κ1) is 16.9. The molecule has 24 heavy (non-hydrogen) atoms. The maximum Gasteiger partial charge on any atom is 0.147 e. The molecular formula is C17H23N5OS. The van der Waals surface area contributed by atoms with Crippen molar-refractivity contribution in [2.75, 3.05) is 30.5 Å². The van der Waals surface area contributed by atoms with E-state index in [9.17, 15) is 4.21 Å². The normalized spacial score (nSPS) is 16.2.